The lowest BCUT2D eigenvalue weighted by molar-refractivity contribution is -0.115. The number of anilines is 1. The van der Waals surface area contributed by atoms with Crippen molar-refractivity contribution in [3.63, 3.8) is 0 Å². The van der Waals surface area contributed by atoms with Crippen molar-refractivity contribution in [1.29, 1.82) is 0 Å². The van der Waals surface area contributed by atoms with E-state index in [0.717, 1.165) is 18.4 Å². The molecule has 0 radical (unpaired) electrons. The Balaban J connectivity index is 1.61. The molecule has 1 atom stereocenters. The zero-order chi connectivity index (χ0) is 16.9. The van der Waals surface area contributed by atoms with Crippen LogP contribution < -0.4 is 15.4 Å². The van der Waals surface area contributed by atoms with Crippen LogP contribution in [0.4, 0.5) is 14.5 Å². The molecule has 0 spiro atoms. The molecular formula is C18H18F2N2O2. The first-order valence-corrected chi connectivity index (χ1v) is 7.83. The van der Waals surface area contributed by atoms with Crippen molar-refractivity contribution in [1.82, 2.24) is 5.32 Å². The molecule has 126 valence electrons. The molecule has 1 aliphatic heterocycles. The molecule has 0 bridgehead atoms. The number of rotatable bonds is 4. The second-order valence-electron chi connectivity index (χ2n) is 5.66. The van der Waals surface area contributed by atoms with Crippen LogP contribution in [0.2, 0.25) is 0 Å². The standard InChI is InChI=1S/C18H18F2N2O2/c19-12-3-6-14(7-4-12)22-18(23)11-21-16-2-1-9-24-17-10-13(20)5-8-15(16)17/h3-8,10,16,21H,1-2,9,11H2,(H,22,23). The average molecular weight is 332 g/mol. The van der Waals surface area contributed by atoms with Gasteiger partial charge >= 0.3 is 0 Å². The Morgan fingerprint density at radius 1 is 1.12 bits per heavy atom. The summed E-state index contributed by atoms with van der Waals surface area (Å²) < 4.78 is 31.8. The van der Waals surface area contributed by atoms with Gasteiger partial charge in [0.05, 0.1) is 13.2 Å². The fourth-order valence-corrected chi connectivity index (χ4v) is 2.71. The van der Waals surface area contributed by atoms with E-state index in [-0.39, 0.29) is 30.1 Å². The van der Waals surface area contributed by atoms with E-state index in [4.69, 9.17) is 4.74 Å². The molecule has 2 N–H and O–H groups in total. The highest BCUT2D eigenvalue weighted by molar-refractivity contribution is 5.92. The highest BCUT2D eigenvalue weighted by Gasteiger charge is 2.20. The Labute approximate surface area is 138 Å². The van der Waals surface area contributed by atoms with E-state index < -0.39 is 0 Å². The maximum Gasteiger partial charge on any atom is 0.238 e. The molecule has 1 aliphatic rings. The molecule has 6 heteroatoms. The van der Waals surface area contributed by atoms with Gasteiger partial charge in [0, 0.05) is 23.4 Å². The molecule has 0 fully saturated rings. The molecule has 2 aromatic rings. The van der Waals surface area contributed by atoms with Crippen LogP contribution in [-0.2, 0) is 4.79 Å². The molecular weight excluding hydrogens is 314 g/mol. The summed E-state index contributed by atoms with van der Waals surface area (Å²) in [5.41, 5.74) is 1.39. The van der Waals surface area contributed by atoms with Gasteiger partial charge in [-0.1, -0.05) is 6.07 Å². The predicted molar refractivity (Wildman–Crippen MR) is 86.9 cm³/mol. The maximum absolute atomic E-state index is 13.3. The van der Waals surface area contributed by atoms with Gasteiger partial charge in [-0.05, 0) is 43.2 Å². The Kier molecular flexibility index (Phi) is 5.05. The lowest BCUT2D eigenvalue weighted by Gasteiger charge is -2.18. The number of ether oxygens (including phenoxy) is 1. The van der Waals surface area contributed by atoms with Crippen LogP contribution in [-0.4, -0.2) is 19.1 Å². The number of halogens is 2. The molecule has 1 heterocycles. The quantitative estimate of drug-likeness (QED) is 0.902. The Bertz CT molecular complexity index is 719. The van der Waals surface area contributed by atoms with Crippen LogP contribution in [0.15, 0.2) is 42.5 Å². The highest BCUT2D eigenvalue weighted by atomic mass is 19.1. The minimum Gasteiger partial charge on any atom is -0.493 e. The summed E-state index contributed by atoms with van der Waals surface area (Å²) in [5, 5.41) is 5.88. The Morgan fingerprint density at radius 3 is 2.67 bits per heavy atom. The minimum absolute atomic E-state index is 0.0814. The maximum atomic E-state index is 13.3. The van der Waals surface area contributed by atoms with Gasteiger partial charge in [0.25, 0.3) is 0 Å². The Hall–Kier alpha value is -2.47. The predicted octanol–water partition coefficient (Wildman–Crippen LogP) is 3.41. The van der Waals surface area contributed by atoms with Gasteiger partial charge in [0.15, 0.2) is 0 Å². The molecule has 4 nitrogen and oxygen atoms in total. The Morgan fingerprint density at radius 2 is 1.88 bits per heavy atom. The third-order valence-corrected chi connectivity index (χ3v) is 3.88. The molecule has 0 aromatic heterocycles. The molecule has 0 saturated heterocycles. The number of fused-ring (bicyclic) bond motifs is 1. The molecule has 0 saturated carbocycles. The zero-order valence-corrected chi connectivity index (χ0v) is 13.0. The van der Waals surface area contributed by atoms with Crippen molar-refractivity contribution in [3.8, 4) is 5.75 Å². The van der Waals surface area contributed by atoms with Crippen LogP contribution in [0.5, 0.6) is 5.75 Å². The van der Waals surface area contributed by atoms with Crippen molar-refractivity contribution in [2.24, 2.45) is 0 Å². The van der Waals surface area contributed by atoms with E-state index >= 15 is 0 Å². The molecule has 2 aromatic carbocycles. The van der Waals surface area contributed by atoms with E-state index in [1.165, 1.54) is 36.4 Å². The number of benzene rings is 2. The second-order valence-corrected chi connectivity index (χ2v) is 5.66. The number of amides is 1. The average Bonchev–Trinajstić information content (AvgIpc) is 2.76. The van der Waals surface area contributed by atoms with Gasteiger partial charge in [0.2, 0.25) is 5.91 Å². The summed E-state index contributed by atoms with van der Waals surface area (Å²) in [6.45, 7) is 0.620. The minimum atomic E-state index is -0.353. The highest BCUT2D eigenvalue weighted by Crippen LogP contribution is 2.31. The van der Waals surface area contributed by atoms with Gasteiger partial charge < -0.3 is 15.4 Å². The van der Waals surface area contributed by atoms with Crippen molar-refractivity contribution in [3.05, 3.63) is 59.7 Å². The van der Waals surface area contributed by atoms with E-state index in [0.29, 0.717) is 18.0 Å². The summed E-state index contributed by atoms with van der Waals surface area (Å²) in [7, 11) is 0. The SMILES string of the molecule is O=C(CNC1CCCOc2cc(F)ccc21)Nc1ccc(F)cc1. The largest absolute Gasteiger partial charge is 0.493 e. The fraction of sp³-hybridized carbons (Fsp3) is 0.278. The monoisotopic (exact) mass is 332 g/mol. The molecule has 24 heavy (non-hydrogen) atoms. The number of hydrogen-bond donors (Lipinski definition) is 2. The van der Waals surface area contributed by atoms with E-state index in [1.807, 2.05) is 0 Å². The van der Waals surface area contributed by atoms with Crippen molar-refractivity contribution >= 4 is 11.6 Å². The van der Waals surface area contributed by atoms with Gasteiger partial charge in [0.1, 0.15) is 17.4 Å². The van der Waals surface area contributed by atoms with Crippen molar-refractivity contribution in [2.75, 3.05) is 18.5 Å². The van der Waals surface area contributed by atoms with Gasteiger partial charge in [-0.25, -0.2) is 8.78 Å². The third-order valence-electron chi connectivity index (χ3n) is 3.88. The van der Waals surface area contributed by atoms with Crippen LogP contribution >= 0.6 is 0 Å². The summed E-state index contributed by atoms with van der Waals surface area (Å²) in [5.74, 6) is -0.406. The smallest absolute Gasteiger partial charge is 0.238 e. The number of nitrogens with one attached hydrogen (secondary N) is 2. The summed E-state index contributed by atoms with van der Waals surface area (Å²) in [6, 6.07) is 9.95. The summed E-state index contributed by atoms with van der Waals surface area (Å²) in [4.78, 5) is 12.0. The van der Waals surface area contributed by atoms with E-state index in [9.17, 15) is 13.6 Å². The van der Waals surface area contributed by atoms with Gasteiger partial charge in [-0.15, -0.1) is 0 Å². The first kappa shape index (κ1) is 16.4. The molecule has 3 rings (SSSR count). The second kappa shape index (κ2) is 7.40. The third kappa shape index (κ3) is 4.08. The van der Waals surface area contributed by atoms with Gasteiger partial charge in [-0.3, -0.25) is 4.79 Å². The molecule has 0 aliphatic carbocycles. The van der Waals surface area contributed by atoms with Crippen LogP contribution in [0.25, 0.3) is 0 Å². The fourth-order valence-electron chi connectivity index (χ4n) is 2.71. The molecule has 1 amide bonds. The van der Waals surface area contributed by atoms with Crippen LogP contribution in [0, 0.1) is 11.6 Å². The first-order valence-electron chi connectivity index (χ1n) is 7.83. The normalized spacial score (nSPS) is 16.7. The van der Waals surface area contributed by atoms with E-state index in [2.05, 4.69) is 10.6 Å². The summed E-state index contributed by atoms with van der Waals surface area (Å²) in [6.07, 6.45) is 1.61. The molecule has 1 unspecified atom stereocenters. The van der Waals surface area contributed by atoms with Crippen LogP contribution in [0.3, 0.4) is 0 Å². The number of carbonyl (C=O) groups excluding carboxylic acids is 1. The van der Waals surface area contributed by atoms with E-state index in [1.54, 1.807) is 6.07 Å². The van der Waals surface area contributed by atoms with Gasteiger partial charge in [-0.2, -0.15) is 0 Å². The van der Waals surface area contributed by atoms with Crippen LogP contribution in [0.1, 0.15) is 24.4 Å². The summed E-state index contributed by atoms with van der Waals surface area (Å²) >= 11 is 0. The number of hydrogen-bond acceptors (Lipinski definition) is 3. The number of carbonyl (C=O) groups is 1. The first-order chi connectivity index (χ1) is 11.6. The lowest BCUT2D eigenvalue weighted by atomic mass is 10.0. The van der Waals surface area contributed by atoms with Crippen molar-refractivity contribution in [2.45, 2.75) is 18.9 Å². The zero-order valence-electron chi connectivity index (χ0n) is 13.0. The topological polar surface area (TPSA) is 50.4 Å². The lowest BCUT2D eigenvalue weighted by Crippen LogP contribution is -2.31. The van der Waals surface area contributed by atoms with Crippen molar-refractivity contribution < 1.29 is 18.3 Å².